The molecule has 1 spiro atoms. The van der Waals surface area contributed by atoms with Crippen LogP contribution >= 0.6 is 0 Å². The number of quaternary nitrogens is 1. The van der Waals surface area contributed by atoms with Crippen molar-refractivity contribution < 1.29 is 14.1 Å². The molecule has 3 amide bonds. The summed E-state index contributed by atoms with van der Waals surface area (Å²) in [5.74, 6) is 1.23. The van der Waals surface area contributed by atoms with Gasteiger partial charge in [-0.3, -0.25) is 4.79 Å². The van der Waals surface area contributed by atoms with Crippen molar-refractivity contribution in [3.05, 3.63) is 35.9 Å². The second-order valence-electron chi connectivity index (χ2n) is 10.5. The number of amides is 3. The number of nitrogens with zero attached hydrogens (tertiary/aromatic N) is 3. The van der Waals surface area contributed by atoms with Gasteiger partial charge in [0.15, 0.2) is 6.54 Å². The lowest BCUT2D eigenvalue weighted by atomic mass is 9.90. The largest absolute Gasteiger partial charge is 0.338 e. The van der Waals surface area contributed by atoms with E-state index in [1.807, 2.05) is 17.9 Å². The molecule has 32 heavy (non-hydrogen) atoms. The van der Waals surface area contributed by atoms with Crippen molar-refractivity contribution in [2.45, 2.75) is 59.5 Å². The number of rotatable bonds is 7. The molecule has 0 saturated carbocycles. The van der Waals surface area contributed by atoms with Gasteiger partial charge < -0.3 is 19.6 Å². The van der Waals surface area contributed by atoms with Crippen LogP contribution in [0.5, 0.6) is 0 Å². The quantitative estimate of drug-likeness (QED) is 0.657. The van der Waals surface area contributed by atoms with E-state index < -0.39 is 0 Å². The van der Waals surface area contributed by atoms with Crippen LogP contribution in [-0.2, 0) is 11.2 Å². The summed E-state index contributed by atoms with van der Waals surface area (Å²) in [6.45, 7) is 16.3. The number of nitrogens with one attached hydrogen (secondary N) is 1. The van der Waals surface area contributed by atoms with Crippen molar-refractivity contribution in [1.82, 2.24) is 15.1 Å². The molecule has 0 aliphatic carbocycles. The van der Waals surface area contributed by atoms with Gasteiger partial charge in [-0.1, -0.05) is 58.0 Å². The van der Waals surface area contributed by atoms with Gasteiger partial charge in [-0.05, 0) is 30.7 Å². The van der Waals surface area contributed by atoms with Crippen LogP contribution in [0.2, 0.25) is 0 Å². The minimum absolute atomic E-state index is 0.0346. The minimum Gasteiger partial charge on any atom is -0.338 e. The molecule has 2 fully saturated rings. The fourth-order valence-electron chi connectivity index (χ4n) is 5.60. The Kier molecular flexibility index (Phi) is 8.21. The first-order chi connectivity index (χ1) is 15.3. The van der Waals surface area contributed by atoms with Crippen LogP contribution in [0.25, 0.3) is 0 Å². The summed E-state index contributed by atoms with van der Waals surface area (Å²) in [5, 5.41) is 2.96. The zero-order chi connectivity index (χ0) is 23.3. The van der Waals surface area contributed by atoms with Gasteiger partial charge in [-0.25, -0.2) is 4.79 Å². The fourth-order valence-corrected chi connectivity index (χ4v) is 5.60. The smallest absolute Gasteiger partial charge is 0.317 e. The third-order valence-corrected chi connectivity index (χ3v) is 7.35. The average molecular weight is 444 g/mol. The molecule has 2 aliphatic rings. The number of carbonyl (C=O) groups excluding carboxylic acids is 2. The Morgan fingerprint density at radius 1 is 1.19 bits per heavy atom. The van der Waals surface area contributed by atoms with Crippen LogP contribution in [0.15, 0.2) is 30.3 Å². The number of hydrogen-bond donors (Lipinski definition) is 1. The van der Waals surface area contributed by atoms with Crippen molar-refractivity contribution >= 4 is 11.9 Å². The van der Waals surface area contributed by atoms with E-state index in [0.717, 1.165) is 50.0 Å². The van der Waals surface area contributed by atoms with Gasteiger partial charge in [0.25, 0.3) is 5.91 Å². The zero-order valence-electron chi connectivity index (χ0n) is 20.7. The molecule has 6 nitrogen and oxygen atoms in total. The van der Waals surface area contributed by atoms with Crippen molar-refractivity contribution in [2.75, 3.05) is 45.8 Å². The first-order valence-electron chi connectivity index (χ1n) is 12.5. The van der Waals surface area contributed by atoms with Crippen LogP contribution < -0.4 is 5.32 Å². The predicted octanol–water partition coefficient (Wildman–Crippen LogP) is 3.37. The Hall–Kier alpha value is -2.08. The molecule has 0 bridgehead atoms. The van der Waals surface area contributed by atoms with Gasteiger partial charge in [0.1, 0.15) is 12.6 Å². The highest BCUT2D eigenvalue weighted by molar-refractivity contribution is 5.78. The first kappa shape index (κ1) is 24.6. The van der Waals surface area contributed by atoms with Crippen LogP contribution in [0, 0.1) is 11.8 Å². The zero-order valence-corrected chi connectivity index (χ0v) is 20.7. The highest BCUT2D eigenvalue weighted by Crippen LogP contribution is 2.32. The summed E-state index contributed by atoms with van der Waals surface area (Å²) in [6.07, 6.45) is 1.94. The van der Waals surface area contributed by atoms with E-state index in [0.29, 0.717) is 31.0 Å². The summed E-state index contributed by atoms with van der Waals surface area (Å²) in [7, 11) is 0. The molecule has 2 aliphatic heterocycles. The Balaban J connectivity index is 1.78. The third kappa shape index (κ3) is 5.64. The number of carbonyl (C=O) groups is 2. The van der Waals surface area contributed by atoms with Crippen LogP contribution in [0.3, 0.4) is 0 Å². The van der Waals surface area contributed by atoms with E-state index >= 15 is 0 Å². The van der Waals surface area contributed by atoms with Crippen molar-refractivity contribution in [2.24, 2.45) is 11.8 Å². The fraction of sp³-hybridized carbons (Fsp3) is 0.692. The summed E-state index contributed by atoms with van der Waals surface area (Å²) < 4.78 is 0.845. The molecule has 3 atom stereocenters. The van der Waals surface area contributed by atoms with Gasteiger partial charge in [-0.2, -0.15) is 0 Å². The minimum atomic E-state index is 0.0346. The number of piperazine rings is 2. The Labute approximate surface area is 194 Å². The summed E-state index contributed by atoms with van der Waals surface area (Å²) >= 11 is 0. The molecule has 0 aromatic heterocycles. The van der Waals surface area contributed by atoms with Crippen molar-refractivity contribution in [3.63, 3.8) is 0 Å². The number of benzene rings is 1. The summed E-state index contributed by atoms with van der Waals surface area (Å²) in [6, 6.07) is 11.1. The molecule has 1 N–H and O–H groups in total. The van der Waals surface area contributed by atoms with Crippen LogP contribution in [0.1, 0.15) is 46.6 Å². The van der Waals surface area contributed by atoms with Gasteiger partial charge >= 0.3 is 6.03 Å². The standard InChI is InChI=1S/C26H42N4O2/c1-6-27-26(32)28-14-15-30(23(17-28)16-20(2)3)18-24(21(4)5)29(25(31)19-30)13-12-22-10-8-7-9-11-22/h7-11,20-21,23-24H,6,12-19H2,1-5H3/p+1/t23-,24+,30?/m0/s1. The third-order valence-electron chi connectivity index (χ3n) is 7.35. The van der Waals surface area contributed by atoms with Gasteiger partial charge in [0.05, 0.1) is 25.7 Å². The molecule has 2 saturated heterocycles. The second-order valence-corrected chi connectivity index (χ2v) is 10.5. The molecule has 1 aromatic carbocycles. The monoisotopic (exact) mass is 443 g/mol. The van der Waals surface area contributed by atoms with Crippen molar-refractivity contribution in [1.29, 1.82) is 0 Å². The molecule has 6 heteroatoms. The topological polar surface area (TPSA) is 52.7 Å². The summed E-state index contributed by atoms with van der Waals surface area (Å²) in [4.78, 5) is 30.2. The molecule has 178 valence electrons. The van der Waals surface area contributed by atoms with E-state index in [2.05, 4.69) is 62.2 Å². The van der Waals surface area contributed by atoms with E-state index in [1.54, 1.807) is 0 Å². The average Bonchev–Trinajstić information content (AvgIpc) is 2.75. The Morgan fingerprint density at radius 3 is 2.53 bits per heavy atom. The van der Waals surface area contributed by atoms with E-state index in [9.17, 15) is 9.59 Å². The van der Waals surface area contributed by atoms with Crippen molar-refractivity contribution in [3.8, 4) is 0 Å². The molecular formula is C26H43N4O2+. The van der Waals surface area contributed by atoms with E-state index in [-0.39, 0.29) is 18.0 Å². The molecular weight excluding hydrogens is 400 g/mol. The normalized spacial score (nSPS) is 26.3. The molecule has 0 radical (unpaired) electrons. The van der Waals surface area contributed by atoms with Crippen LogP contribution in [0.4, 0.5) is 4.79 Å². The Morgan fingerprint density at radius 2 is 1.91 bits per heavy atom. The van der Waals surface area contributed by atoms with E-state index in [1.165, 1.54) is 5.56 Å². The molecule has 1 aromatic rings. The lowest BCUT2D eigenvalue weighted by Crippen LogP contribution is -2.75. The number of urea groups is 1. The Bertz CT molecular complexity index is 766. The summed E-state index contributed by atoms with van der Waals surface area (Å²) in [5.41, 5.74) is 1.28. The van der Waals surface area contributed by atoms with Crippen LogP contribution in [-0.4, -0.2) is 84.1 Å². The maximum atomic E-state index is 13.6. The van der Waals surface area contributed by atoms with Gasteiger partial charge in [0.2, 0.25) is 0 Å². The highest BCUT2D eigenvalue weighted by Gasteiger charge is 2.51. The first-order valence-corrected chi connectivity index (χ1v) is 12.5. The lowest BCUT2D eigenvalue weighted by molar-refractivity contribution is -0.954. The van der Waals surface area contributed by atoms with E-state index in [4.69, 9.17) is 0 Å². The highest BCUT2D eigenvalue weighted by atomic mass is 16.2. The molecule has 1 unspecified atom stereocenters. The molecule has 3 rings (SSSR count). The van der Waals surface area contributed by atoms with Gasteiger partial charge in [-0.15, -0.1) is 0 Å². The maximum absolute atomic E-state index is 13.6. The lowest BCUT2D eigenvalue weighted by Gasteiger charge is -2.56. The van der Waals surface area contributed by atoms with Gasteiger partial charge in [0, 0.05) is 19.5 Å². The SMILES string of the molecule is CCNC(=O)N1CC[N+]2(CC(=O)N(CCc3ccccc3)[C@@H](C(C)C)C2)[C@@H](CC(C)C)C1. The molecule has 2 heterocycles. The maximum Gasteiger partial charge on any atom is 0.317 e. The predicted molar refractivity (Wildman–Crippen MR) is 129 cm³/mol. The number of hydrogen-bond acceptors (Lipinski definition) is 2. The second kappa shape index (κ2) is 10.7.